The van der Waals surface area contributed by atoms with Gasteiger partial charge in [-0.2, -0.15) is 0 Å². The Kier molecular flexibility index (Phi) is 3.36. The SMILES string of the molecule is Cc1nc(CCCN)nc2ccc(Cl)cc12. The van der Waals surface area contributed by atoms with Crippen LogP contribution in [-0.4, -0.2) is 16.5 Å². The van der Waals surface area contributed by atoms with Gasteiger partial charge in [0.25, 0.3) is 0 Å². The third-order valence-corrected chi connectivity index (χ3v) is 2.73. The number of aryl methyl sites for hydroxylation is 2. The standard InChI is InChI=1S/C12H14ClN3/c1-8-10-7-9(13)4-5-11(10)16-12(15-8)3-2-6-14/h4-5,7H,2-3,6,14H2,1H3. The first-order valence-electron chi connectivity index (χ1n) is 5.33. The van der Waals surface area contributed by atoms with Crippen molar-refractivity contribution in [1.82, 2.24) is 9.97 Å². The van der Waals surface area contributed by atoms with Gasteiger partial charge < -0.3 is 5.73 Å². The van der Waals surface area contributed by atoms with Crippen LogP contribution in [0.4, 0.5) is 0 Å². The van der Waals surface area contributed by atoms with E-state index < -0.39 is 0 Å². The minimum absolute atomic E-state index is 0.668. The van der Waals surface area contributed by atoms with Crippen LogP contribution in [0.1, 0.15) is 17.9 Å². The fraction of sp³-hybridized carbons (Fsp3) is 0.333. The van der Waals surface area contributed by atoms with Gasteiger partial charge in [0.15, 0.2) is 0 Å². The van der Waals surface area contributed by atoms with E-state index in [2.05, 4.69) is 9.97 Å². The van der Waals surface area contributed by atoms with Gasteiger partial charge in [-0.3, -0.25) is 0 Å². The first-order valence-corrected chi connectivity index (χ1v) is 5.71. The number of benzene rings is 1. The molecule has 0 fully saturated rings. The number of nitrogens with zero attached hydrogens (tertiary/aromatic N) is 2. The maximum Gasteiger partial charge on any atom is 0.129 e. The van der Waals surface area contributed by atoms with Crippen molar-refractivity contribution in [3.8, 4) is 0 Å². The van der Waals surface area contributed by atoms with Gasteiger partial charge in [0.2, 0.25) is 0 Å². The maximum absolute atomic E-state index is 5.94. The summed E-state index contributed by atoms with van der Waals surface area (Å²) in [5.74, 6) is 0.859. The van der Waals surface area contributed by atoms with Gasteiger partial charge in [0, 0.05) is 22.5 Å². The topological polar surface area (TPSA) is 51.8 Å². The molecule has 4 heteroatoms. The van der Waals surface area contributed by atoms with Crippen LogP contribution in [0.2, 0.25) is 5.02 Å². The van der Waals surface area contributed by atoms with E-state index >= 15 is 0 Å². The summed E-state index contributed by atoms with van der Waals surface area (Å²) in [7, 11) is 0. The molecule has 2 aromatic rings. The highest BCUT2D eigenvalue weighted by molar-refractivity contribution is 6.31. The van der Waals surface area contributed by atoms with Gasteiger partial charge in [0.05, 0.1) is 5.52 Å². The van der Waals surface area contributed by atoms with Crippen molar-refractivity contribution in [3.63, 3.8) is 0 Å². The van der Waals surface area contributed by atoms with E-state index in [0.717, 1.165) is 35.3 Å². The van der Waals surface area contributed by atoms with Crippen LogP contribution in [-0.2, 0) is 6.42 Å². The van der Waals surface area contributed by atoms with Crippen LogP contribution in [0.5, 0.6) is 0 Å². The molecule has 3 nitrogen and oxygen atoms in total. The van der Waals surface area contributed by atoms with Crippen LogP contribution in [0.25, 0.3) is 10.9 Å². The zero-order chi connectivity index (χ0) is 11.5. The lowest BCUT2D eigenvalue weighted by Crippen LogP contribution is -2.04. The van der Waals surface area contributed by atoms with Crippen molar-refractivity contribution in [3.05, 3.63) is 34.7 Å². The van der Waals surface area contributed by atoms with Gasteiger partial charge in [0.1, 0.15) is 5.82 Å². The summed E-state index contributed by atoms with van der Waals surface area (Å²) < 4.78 is 0. The number of fused-ring (bicyclic) bond motifs is 1. The number of halogens is 1. The average Bonchev–Trinajstić information content (AvgIpc) is 2.27. The maximum atomic E-state index is 5.94. The van der Waals surface area contributed by atoms with Crippen molar-refractivity contribution in [2.24, 2.45) is 5.73 Å². The van der Waals surface area contributed by atoms with Gasteiger partial charge in [-0.1, -0.05) is 11.6 Å². The van der Waals surface area contributed by atoms with Crippen LogP contribution < -0.4 is 5.73 Å². The van der Waals surface area contributed by atoms with Crippen molar-refractivity contribution in [2.75, 3.05) is 6.54 Å². The van der Waals surface area contributed by atoms with E-state index in [1.807, 2.05) is 25.1 Å². The third-order valence-electron chi connectivity index (χ3n) is 2.50. The molecule has 0 spiro atoms. The van der Waals surface area contributed by atoms with Crippen molar-refractivity contribution in [1.29, 1.82) is 0 Å². The van der Waals surface area contributed by atoms with Crippen LogP contribution >= 0.6 is 11.6 Å². The normalized spacial score (nSPS) is 10.9. The molecule has 0 unspecified atom stereocenters. The molecule has 0 bridgehead atoms. The molecule has 0 amide bonds. The summed E-state index contributed by atoms with van der Waals surface area (Å²) in [5, 5.41) is 1.73. The van der Waals surface area contributed by atoms with E-state index in [0.29, 0.717) is 11.6 Å². The quantitative estimate of drug-likeness (QED) is 0.889. The highest BCUT2D eigenvalue weighted by Gasteiger charge is 2.04. The lowest BCUT2D eigenvalue weighted by Gasteiger charge is -2.05. The predicted molar refractivity (Wildman–Crippen MR) is 66.7 cm³/mol. The summed E-state index contributed by atoms with van der Waals surface area (Å²) in [4.78, 5) is 8.94. The monoisotopic (exact) mass is 235 g/mol. The zero-order valence-corrected chi connectivity index (χ0v) is 9.96. The van der Waals surface area contributed by atoms with Crippen LogP contribution in [0.3, 0.4) is 0 Å². The first-order chi connectivity index (χ1) is 7.70. The molecule has 1 heterocycles. The van der Waals surface area contributed by atoms with E-state index in [9.17, 15) is 0 Å². The molecule has 0 aliphatic carbocycles. The van der Waals surface area contributed by atoms with Crippen molar-refractivity contribution < 1.29 is 0 Å². The van der Waals surface area contributed by atoms with E-state index in [1.165, 1.54) is 0 Å². The number of hydrogen-bond donors (Lipinski definition) is 1. The molecule has 0 radical (unpaired) electrons. The second-order valence-electron chi connectivity index (χ2n) is 3.78. The summed E-state index contributed by atoms with van der Waals surface area (Å²) >= 11 is 5.94. The highest BCUT2D eigenvalue weighted by atomic mass is 35.5. The Morgan fingerprint density at radius 1 is 1.31 bits per heavy atom. The molecule has 1 aromatic heterocycles. The Bertz CT molecular complexity index is 511. The van der Waals surface area contributed by atoms with E-state index in [4.69, 9.17) is 17.3 Å². The first kappa shape index (κ1) is 11.3. The Morgan fingerprint density at radius 2 is 2.12 bits per heavy atom. The highest BCUT2D eigenvalue weighted by Crippen LogP contribution is 2.20. The number of rotatable bonds is 3. The molecule has 1 aromatic carbocycles. The molecule has 84 valence electrons. The van der Waals surface area contributed by atoms with Crippen molar-refractivity contribution in [2.45, 2.75) is 19.8 Å². The Hall–Kier alpha value is -1.19. The van der Waals surface area contributed by atoms with Crippen molar-refractivity contribution >= 4 is 22.5 Å². The lowest BCUT2D eigenvalue weighted by atomic mass is 10.2. The van der Waals surface area contributed by atoms with Crippen LogP contribution in [0, 0.1) is 6.92 Å². The number of hydrogen-bond acceptors (Lipinski definition) is 3. The molecule has 0 aliphatic heterocycles. The minimum atomic E-state index is 0.668. The molecule has 2 rings (SSSR count). The smallest absolute Gasteiger partial charge is 0.129 e. The number of nitrogens with two attached hydrogens (primary N) is 1. The summed E-state index contributed by atoms with van der Waals surface area (Å²) in [6.45, 7) is 2.65. The molecular formula is C12H14ClN3. The molecule has 2 N–H and O–H groups in total. The fourth-order valence-corrected chi connectivity index (χ4v) is 1.86. The summed E-state index contributed by atoms with van der Waals surface area (Å²) in [5.41, 5.74) is 7.39. The Morgan fingerprint density at radius 3 is 2.88 bits per heavy atom. The summed E-state index contributed by atoms with van der Waals surface area (Å²) in [6, 6.07) is 5.68. The molecule has 0 aliphatic rings. The summed E-state index contributed by atoms with van der Waals surface area (Å²) in [6.07, 6.45) is 1.74. The predicted octanol–water partition coefficient (Wildman–Crippen LogP) is 2.48. The number of aromatic nitrogens is 2. The minimum Gasteiger partial charge on any atom is -0.330 e. The average molecular weight is 236 g/mol. The zero-order valence-electron chi connectivity index (χ0n) is 9.20. The lowest BCUT2D eigenvalue weighted by molar-refractivity contribution is 0.782. The second-order valence-corrected chi connectivity index (χ2v) is 4.22. The van der Waals surface area contributed by atoms with Gasteiger partial charge in [-0.15, -0.1) is 0 Å². The van der Waals surface area contributed by atoms with E-state index in [-0.39, 0.29) is 0 Å². The Balaban J connectivity index is 2.46. The van der Waals surface area contributed by atoms with Crippen LogP contribution in [0.15, 0.2) is 18.2 Å². The fourth-order valence-electron chi connectivity index (χ4n) is 1.69. The van der Waals surface area contributed by atoms with E-state index in [1.54, 1.807) is 0 Å². The third kappa shape index (κ3) is 2.31. The molecule has 0 atom stereocenters. The molecular weight excluding hydrogens is 222 g/mol. The largest absolute Gasteiger partial charge is 0.330 e. The molecule has 16 heavy (non-hydrogen) atoms. The molecule has 0 saturated heterocycles. The van der Waals surface area contributed by atoms with Gasteiger partial charge in [-0.05, 0) is 38.1 Å². The second kappa shape index (κ2) is 4.76. The molecule has 0 saturated carbocycles. The van der Waals surface area contributed by atoms with Gasteiger partial charge >= 0.3 is 0 Å². The van der Waals surface area contributed by atoms with Gasteiger partial charge in [-0.25, -0.2) is 9.97 Å². The Labute approximate surface area is 99.7 Å².